The highest BCUT2D eigenvalue weighted by Gasteiger charge is 2.28. The largest absolute Gasteiger partial charge is 0.515 e. The molecule has 1 aromatic carbocycles. The van der Waals surface area contributed by atoms with Crippen molar-refractivity contribution >= 4 is 25.5 Å². The number of carbonyl (C=O) groups excluding carboxylic acids is 1. The first kappa shape index (κ1) is 11.7. The van der Waals surface area contributed by atoms with Gasteiger partial charge in [0.1, 0.15) is 0 Å². The van der Waals surface area contributed by atoms with Crippen LogP contribution in [0.25, 0.3) is 6.08 Å². The molecule has 0 spiro atoms. The van der Waals surface area contributed by atoms with Gasteiger partial charge < -0.3 is 4.43 Å². The van der Waals surface area contributed by atoms with Crippen LogP contribution >= 0.6 is 0 Å². The Bertz CT molecular complexity index is 383. The Kier molecular flexibility index (Phi) is 3.47. The zero-order chi connectivity index (χ0) is 11.5. The van der Waals surface area contributed by atoms with Gasteiger partial charge in [0, 0.05) is 6.92 Å². The lowest BCUT2D eigenvalue weighted by Crippen LogP contribution is -2.45. The van der Waals surface area contributed by atoms with Gasteiger partial charge in [0.15, 0.2) is 0 Å². The number of hydrogen-bond acceptors (Lipinski definition) is 2. The average Bonchev–Trinajstić information content (AvgIpc) is 2.16. The van der Waals surface area contributed by atoms with E-state index in [1.165, 1.54) is 6.92 Å². The van der Waals surface area contributed by atoms with Gasteiger partial charge in [-0.05, 0) is 23.8 Å². The third-order valence-corrected chi connectivity index (χ3v) is 4.72. The summed E-state index contributed by atoms with van der Waals surface area (Å²) in [6, 6.07) is 7.98. The fraction of sp³-hybridized carbons (Fsp3) is 0.250. The molecule has 0 fully saturated rings. The van der Waals surface area contributed by atoms with Crippen molar-refractivity contribution in [2.24, 2.45) is 0 Å². The van der Waals surface area contributed by atoms with E-state index in [0.29, 0.717) is 0 Å². The van der Waals surface area contributed by atoms with Crippen molar-refractivity contribution in [3.05, 3.63) is 36.4 Å². The molecular weight excluding hydrogens is 204 g/mol. The molecule has 0 aliphatic rings. The molecule has 0 amide bonds. The molecule has 3 heteroatoms. The summed E-state index contributed by atoms with van der Waals surface area (Å²) in [5, 5.41) is 1.11. The van der Waals surface area contributed by atoms with E-state index in [2.05, 4.69) is 6.58 Å². The Labute approximate surface area is 91.7 Å². The first-order valence-electron chi connectivity index (χ1n) is 4.88. The lowest BCUT2D eigenvalue weighted by atomic mass is 10.2. The molecule has 0 aromatic heterocycles. The van der Waals surface area contributed by atoms with Gasteiger partial charge in [0.05, 0.1) is 0 Å². The number of rotatable bonds is 3. The smallest absolute Gasteiger partial charge is 0.289 e. The zero-order valence-electron chi connectivity index (χ0n) is 9.41. The quantitative estimate of drug-likeness (QED) is 0.731. The molecule has 0 aliphatic heterocycles. The summed E-state index contributed by atoms with van der Waals surface area (Å²) < 4.78 is 5.39. The van der Waals surface area contributed by atoms with Crippen LogP contribution in [0.4, 0.5) is 0 Å². The summed E-state index contributed by atoms with van der Waals surface area (Å²) in [6.45, 7) is 9.19. The molecular formula is C12H16O2Si. The van der Waals surface area contributed by atoms with Gasteiger partial charge in [-0.1, -0.05) is 36.9 Å². The van der Waals surface area contributed by atoms with Crippen LogP contribution < -0.4 is 5.19 Å². The first-order chi connectivity index (χ1) is 6.95. The fourth-order valence-electron chi connectivity index (χ4n) is 1.46. The van der Waals surface area contributed by atoms with Crippen molar-refractivity contribution in [2.45, 2.75) is 20.0 Å². The molecule has 0 saturated carbocycles. The Morgan fingerprint density at radius 2 is 2.13 bits per heavy atom. The molecule has 80 valence electrons. The summed E-state index contributed by atoms with van der Waals surface area (Å²) in [4.78, 5) is 11.0. The van der Waals surface area contributed by atoms with Crippen LogP contribution in [0.15, 0.2) is 30.8 Å². The van der Waals surface area contributed by atoms with Gasteiger partial charge in [-0.15, -0.1) is 0 Å². The van der Waals surface area contributed by atoms with E-state index in [-0.39, 0.29) is 5.97 Å². The van der Waals surface area contributed by atoms with Crippen LogP contribution in [-0.2, 0) is 9.22 Å². The van der Waals surface area contributed by atoms with E-state index >= 15 is 0 Å². The van der Waals surface area contributed by atoms with Crippen LogP contribution in [0.2, 0.25) is 13.1 Å². The first-order valence-corrected chi connectivity index (χ1v) is 7.79. The predicted octanol–water partition coefficient (Wildman–Crippen LogP) is 2.30. The van der Waals surface area contributed by atoms with Crippen LogP contribution in [-0.4, -0.2) is 14.3 Å². The molecule has 2 nitrogen and oxygen atoms in total. The predicted molar refractivity (Wildman–Crippen MR) is 65.4 cm³/mol. The normalized spacial score (nSPS) is 10.9. The van der Waals surface area contributed by atoms with Gasteiger partial charge in [0.2, 0.25) is 0 Å². The van der Waals surface area contributed by atoms with E-state index in [0.717, 1.165) is 10.8 Å². The second kappa shape index (κ2) is 4.44. The van der Waals surface area contributed by atoms with Gasteiger partial charge in [-0.25, -0.2) is 0 Å². The second-order valence-electron chi connectivity index (χ2n) is 3.93. The van der Waals surface area contributed by atoms with Gasteiger partial charge in [0.25, 0.3) is 14.3 Å². The number of hydrogen-bond donors (Lipinski definition) is 0. The number of benzene rings is 1. The summed E-state index contributed by atoms with van der Waals surface area (Å²) in [5.74, 6) is -0.212. The molecule has 1 rings (SSSR count). The van der Waals surface area contributed by atoms with E-state index in [1.54, 1.807) is 6.08 Å². The van der Waals surface area contributed by atoms with E-state index in [4.69, 9.17) is 4.43 Å². The molecule has 0 saturated heterocycles. The molecule has 0 atom stereocenters. The third kappa shape index (κ3) is 3.06. The Morgan fingerprint density at radius 1 is 1.47 bits per heavy atom. The summed E-state index contributed by atoms with van der Waals surface area (Å²) in [6.07, 6.45) is 1.79. The standard InChI is InChI=1S/C12H16O2Si/c1-5-11-7-6-8-12(9-11)15(3,4)14-10(2)13/h5-9H,1H2,2-4H3. The highest BCUT2D eigenvalue weighted by atomic mass is 28.4. The number of carbonyl (C=O) groups is 1. The molecule has 0 aliphatic carbocycles. The van der Waals surface area contributed by atoms with Gasteiger partial charge >= 0.3 is 0 Å². The van der Waals surface area contributed by atoms with E-state index in [1.807, 2.05) is 37.4 Å². The summed E-state index contributed by atoms with van der Waals surface area (Å²) in [7, 11) is -2.09. The molecule has 0 radical (unpaired) electrons. The van der Waals surface area contributed by atoms with Crippen LogP contribution in [0.5, 0.6) is 0 Å². The van der Waals surface area contributed by atoms with Crippen molar-refractivity contribution in [3.63, 3.8) is 0 Å². The van der Waals surface area contributed by atoms with Crippen LogP contribution in [0.3, 0.4) is 0 Å². The highest BCUT2D eigenvalue weighted by molar-refractivity contribution is 6.85. The fourth-order valence-corrected chi connectivity index (χ4v) is 3.31. The van der Waals surface area contributed by atoms with Crippen molar-refractivity contribution in [3.8, 4) is 0 Å². The zero-order valence-corrected chi connectivity index (χ0v) is 10.4. The minimum atomic E-state index is -2.09. The highest BCUT2D eigenvalue weighted by Crippen LogP contribution is 2.08. The van der Waals surface area contributed by atoms with Gasteiger partial charge in [-0.3, -0.25) is 4.79 Å². The summed E-state index contributed by atoms with van der Waals surface area (Å²) >= 11 is 0. The topological polar surface area (TPSA) is 26.3 Å². The molecule has 1 aromatic rings. The molecule has 0 bridgehead atoms. The average molecular weight is 220 g/mol. The molecule has 0 N–H and O–H groups in total. The van der Waals surface area contributed by atoms with Crippen molar-refractivity contribution in [1.82, 2.24) is 0 Å². The molecule has 0 unspecified atom stereocenters. The SMILES string of the molecule is C=Cc1cccc([Si](C)(C)OC(C)=O)c1. The Hall–Kier alpha value is -1.35. The molecule has 15 heavy (non-hydrogen) atoms. The second-order valence-corrected chi connectivity index (χ2v) is 7.74. The lowest BCUT2D eigenvalue weighted by Gasteiger charge is -2.22. The van der Waals surface area contributed by atoms with Crippen molar-refractivity contribution < 1.29 is 9.22 Å². The maximum Gasteiger partial charge on any atom is 0.289 e. The van der Waals surface area contributed by atoms with Gasteiger partial charge in [-0.2, -0.15) is 0 Å². The van der Waals surface area contributed by atoms with E-state index in [9.17, 15) is 4.79 Å². The van der Waals surface area contributed by atoms with Crippen LogP contribution in [0.1, 0.15) is 12.5 Å². The minimum Gasteiger partial charge on any atom is -0.515 e. The maximum absolute atomic E-state index is 11.0. The minimum absolute atomic E-state index is 0.212. The maximum atomic E-state index is 11.0. The van der Waals surface area contributed by atoms with Crippen LogP contribution in [0, 0.1) is 0 Å². The molecule has 0 heterocycles. The Morgan fingerprint density at radius 3 is 2.67 bits per heavy atom. The van der Waals surface area contributed by atoms with E-state index < -0.39 is 8.32 Å². The Balaban J connectivity index is 3.03. The summed E-state index contributed by atoms with van der Waals surface area (Å²) in [5.41, 5.74) is 1.06. The van der Waals surface area contributed by atoms with Crippen molar-refractivity contribution in [1.29, 1.82) is 0 Å². The van der Waals surface area contributed by atoms with Crippen molar-refractivity contribution in [2.75, 3.05) is 0 Å². The lowest BCUT2D eigenvalue weighted by molar-refractivity contribution is -0.132. The monoisotopic (exact) mass is 220 g/mol. The third-order valence-electron chi connectivity index (χ3n) is 2.22.